The van der Waals surface area contributed by atoms with Crippen LogP contribution in [-0.4, -0.2) is 25.0 Å². The van der Waals surface area contributed by atoms with Gasteiger partial charge in [0.1, 0.15) is 0 Å². The number of nitrogens with zero attached hydrogens (tertiary/aromatic N) is 3. The van der Waals surface area contributed by atoms with E-state index in [0.717, 1.165) is 48.2 Å². The third-order valence-electron chi connectivity index (χ3n) is 7.61. The highest BCUT2D eigenvalue weighted by Crippen LogP contribution is 2.30. The van der Waals surface area contributed by atoms with E-state index < -0.39 is 0 Å². The minimum Gasteiger partial charge on any atom is -0.380 e. The molecular formula is C34H38N4O. The zero-order valence-electron chi connectivity index (χ0n) is 23.0. The lowest BCUT2D eigenvalue weighted by Gasteiger charge is -2.30. The molecular weight excluding hydrogens is 480 g/mol. The van der Waals surface area contributed by atoms with Gasteiger partial charge in [-0.1, -0.05) is 67.8 Å². The van der Waals surface area contributed by atoms with Crippen molar-refractivity contribution in [2.45, 2.75) is 45.2 Å². The number of carbonyl (C=O) groups is 1. The number of benzene rings is 3. The second-order valence-corrected chi connectivity index (χ2v) is 10.7. The first-order valence-corrected chi connectivity index (χ1v) is 14.0. The lowest BCUT2D eigenvalue weighted by atomic mass is 9.88. The summed E-state index contributed by atoms with van der Waals surface area (Å²) < 4.78 is 0. The zero-order valence-corrected chi connectivity index (χ0v) is 23.0. The van der Waals surface area contributed by atoms with Crippen LogP contribution < -0.4 is 15.1 Å². The molecule has 1 amide bonds. The molecule has 0 aliphatic heterocycles. The first kappa shape index (κ1) is 26.5. The Bertz CT molecular complexity index is 1340. The van der Waals surface area contributed by atoms with Crippen molar-refractivity contribution >= 4 is 23.0 Å². The van der Waals surface area contributed by atoms with Crippen molar-refractivity contribution in [2.24, 2.45) is 5.92 Å². The first-order chi connectivity index (χ1) is 19.1. The molecule has 5 heteroatoms. The topological polar surface area (TPSA) is 48.5 Å². The van der Waals surface area contributed by atoms with Gasteiger partial charge in [0.25, 0.3) is 0 Å². The number of hydrogen-bond acceptors (Lipinski definition) is 4. The van der Waals surface area contributed by atoms with Gasteiger partial charge < -0.3 is 15.1 Å². The molecule has 1 aliphatic carbocycles. The number of pyridine rings is 1. The van der Waals surface area contributed by atoms with E-state index in [0.29, 0.717) is 13.1 Å². The number of aromatic nitrogens is 1. The summed E-state index contributed by atoms with van der Waals surface area (Å²) in [7, 11) is 4.11. The van der Waals surface area contributed by atoms with Gasteiger partial charge in [0.15, 0.2) is 0 Å². The molecule has 1 N–H and O–H groups in total. The maximum atomic E-state index is 13.9. The van der Waals surface area contributed by atoms with Crippen LogP contribution in [0.5, 0.6) is 0 Å². The average molecular weight is 519 g/mol. The van der Waals surface area contributed by atoms with Crippen LogP contribution in [0.15, 0.2) is 97.3 Å². The third-order valence-corrected chi connectivity index (χ3v) is 7.61. The molecule has 39 heavy (non-hydrogen) atoms. The summed E-state index contributed by atoms with van der Waals surface area (Å²) in [5, 5.41) is 3.43. The average Bonchev–Trinajstić information content (AvgIpc) is 3.00. The third kappa shape index (κ3) is 6.85. The maximum Gasteiger partial charge on any atom is 0.230 e. The quantitative estimate of drug-likeness (QED) is 0.249. The van der Waals surface area contributed by atoms with Crippen molar-refractivity contribution in [2.75, 3.05) is 29.2 Å². The van der Waals surface area contributed by atoms with Crippen LogP contribution in [0.4, 0.5) is 17.1 Å². The summed E-state index contributed by atoms with van der Waals surface area (Å²) in [6.07, 6.45) is 9.08. The molecule has 0 atom stereocenters. The molecule has 0 bridgehead atoms. The Morgan fingerprint density at radius 3 is 2.21 bits per heavy atom. The molecule has 3 aromatic carbocycles. The number of hydrogen-bond donors (Lipinski definition) is 1. The summed E-state index contributed by atoms with van der Waals surface area (Å²) in [4.78, 5) is 22.2. The van der Waals surface area contributed by atoms with Crippen LogP contribution in [0.25, 0.3) is 11.1 Å². The fourth-order valence-electron chi connectivity index (χ4n) is 5.31. The second-order valence-electron chi connectivity index (χ2n) is 10.7. The molecule has 4 aromatic rings. The molecule has 5 nitrogen and oxygen atoms in total. The van der Waals surface area contributed by atoms with Crippen molar-refractivity contribution in [1.29, 1.82) is 0 Å². The molecule has 200 valence electrons. The number of amides is 1. The fourth-order valence-corrected chi connectivity index (χ4v) is 5.31. The van der Waals surface area contributed by atoms with E-state index in [1.54, 1.807) is 6.20 Å². The lowest BCUT2D eigenvalue weighted by molar-refractivity contribution is -0.123. The normalized spacial score (nSPS) is 13.6. The molecule has 1 aliphatic rings. The minimum atomic E-state index is 0.102. The Kier molecular flexibility index (Phi) is 8.57. The highest BCUT2D eigenvalue weighted by Gasteiger charge is 2.27. The number of nitrogens with one attached hydrogen (secondary N) is 1. The SMILES string of the molecule is CN(C)c1ccc(-c2ccc(CN(C(=O)C3CCCCC3)c3cccc(CNc4cccnc4)c3)cc2)cc1. The minimum absolute atomic E-state index is 0.102. The second kappa shape index (κ2) is 12.6. The van der Waals surface area contributed by atoms with E-state index in [1.165, 1.54) is 23.2 Å². The largest absolute Gasteiger partial charge is 0.380 e. The van der Waals surface area contributed by atoms with E-state index in [1.807, 2.05) is 23.2 Å². The van der Waals surface area contributed by atoms with Crippen LogP contribution in [0.3, 0.4) is 0 Å². The van der Waals surface area contributed by atoms with Gasteiger partial charge in [0.2, 0.25) is 5.91 Å². The van der Waals surface area contributed by atoms with E-state index >= 15 is 0 Å². The van der Waals surface area contributed by atoms with Gasteiger partial charge in [0.05, 0.1) is 12.2 Å². The molecule has 1 saturated carbocycles. The Morgan fingerprint density at radius 2 is 1.54 bits per heavy atom. The van der Waals surface area contributed by atoms with Gasteiger partial charge in [-0.05, 0) is 71.5 Å². The predicted octanol–water partition coefficient (Wildman–Crippen LogP) is 7.54. The van der Waals surface area contributed by atoms with E-state index in [4.69, 9.17) is 0 Å². The Hall–Kier alpha value is -4.12. The molecule has 1 heterocycles. The Balaban J connectivity index is 1.36. The number of carbonyl (C=O) groups excluding carboxylic acids is 1. The van der Waals surface area contributed by atoms with Crippen molar-refractivity contribution in [1.82, 2.24) is 4.98 Å². The van der Waals surface area contributed by atoms with E-state index in [-0.39, 0.29) is 11.8 Å². The molecule has 1 aromatic heterocycles. The molecule has 0 saturated heterocycles. The van der Waals surface area contributed by atoms with Gasteiger partial charge in [0, 0.05) is 50.3 Å². The van der Waals surface area contributed by atoms with Gasteiger partial charge in [-0.3, -0.25) is 9.78 Å². The predicted molar refractivity (Wildman–Crippen MR) is 162 cm³/mol. The Labute approximate surface area is 232 Å². The first-order valence-electron chi connectivity index (χ1n) is 14.0. The zero-order chi connectivity index (χ0) is 27.0. The molecule has 0 unspecified atom stereocenters. The summed E-state index contributed by atoms with van der Waals surface area (Å²) >= 11 is 0. The number of anilines is 3. The van der Waals surface area contributed by atoms with Crippen LogP contribution in [0, 0.1) is 5.92 Å². The lowest BCUT2D eigenvalue weighted by Crippen LogP contribution is -2.36. The van der Waals surface area contributed by atoms with E-state index in [2.05, 4.69) is 102 Å². The summed E-state index contributed by atoms with van der Waals surface area (Å²) in [6.45, 7) is 1.24. The number of rotatable bonds is 9. The standard InChI is InChI=1S/C34H38N4O/c1-37(2)32-19-17-29(18-20-32)28-15-13-26(14-16-28)25-38(34(39)30-9-4-3-5-10-30)33-12-6-8-27(22-33)23-36-31-11-7-21-35-24-31/h6-8,11-22,24,30,36H,3-5,9-10,23,25H2,1-2H3. The molecule has 1 fully saturated rings. The molecule has 0 spiro atoms. The van der Waals surface area contributed by atoms with E-state index in [9.17, 15) is 4.79 Å². The Morgan fingerprint density at radius 1 is 0.821 bits per heavy atom. The summed E-state index contributed by atoms with van der Waals surface area (Å²) in [5.41, 5.74) is 7.76. The van der Waals surface area contributed by atoms with Gasteiger partial charge in [-0.2, -0.15) is 0 Å². The van der Waals surface area contributed by atoms with Crippen LogP contribution in [0.2, 0.25) is 0 Å². The molecule has 0 radical (unpaired) electrons. The van der Waals surface area contributed by atoms with Crippen molar-refractivity contribution < 1.29 is 4.79 Å². The maximum absolute atomic E-state index is 13.9. The van der Waals surface area contributed by atoms with Crippen LogP contribution >= 0.6 is 0 Å². The summed E-state index contributed by atoms with van der Waals surface area (Å²) in [6, 6.07) is 29.5. The van der Waals surface area contributed by atoms with Crippen LogP contribution in [-0.2, 0) is 17.9 Å². The van der Waals surface area contributed by atoms with Crippen molar-refractivity contribution in [3.05, 3.63) is 108 Å². The van der Waals surface area contributed by atoms with Crippen molar-refractivity contribution in [3.63, 3.8) is 0 Å². The molecule has 5 rings (SSSR count). The van der Waals surface area contributed by atoms with Gasteiger partial charge >= 0.3 is 0 Å². The fraction of sp³-hybridized carbons (Fsp3) is 0.294. The van der Waals surface area contributed by atoms with Gasteiger partial charge in [-0.15, -0.1) is 0 Å². The monoisotopic (exact) mass is 518 g/mol. The highest BCUT2D eigenvalue weighted by molar-refractivity contribution is 5.95. The van der Waals surface area contributed by atoms with Crippen LogP contribution in [0.1, 0.15) is 43.2 Å². The van der Waals surface area contributed by atoms with Gasteiger partial charge in [-0.25, -0.2) is 0 Å². The van der Waals surface area contributed by atoms with Crippen molar-refractivity contribution in [3.8, 4) is 11.1 Å². The summed E-state index contributed by atoms with van der Waals surface area (Å²) in [5.74, 6) is 0.348. The smallest absolute Gasteiger partial charge is 0.230 e. The highest BCUT2D eigenvalue weighted by atomic mass is 16.2.